The molecule has 6 heteroatoms. The molecule has 0 radical (unpaired) electrons. The molecule has 3 aromatic rings. The molecule has 4 N–H and O–H groups in total. The van der Waals surface area contributed by atoms with E-state index in [0.717, 1.165) is 117 Å². The number of rotatable bonds is 9. The van der Waals surface area contributed by atoms with Gasteiger partial charge in [0.05, 0.1) is 11.1 Å². The van der Waals surface area contributed by atoms with Crippen molar-refractivity contribution < 1.29 is 30.0 Å². The largest absolute Gasteiger partial charge is 0.507 e. The van der Waals surface area contributed by atoms with Gasteiger partial charge >= 0.3 is 0 Å². The number of aliphatic hydroxyl groups is 1. The highest BCUT2D eigenvalue weighted by Crippen LogP contribution is 2.51. The van der Waals surface area contributed by atoms with Crippen LogP contribution in [0, 0.1) is 0 Å². The van der Waals surface area contributed by atoms with E-state index in [4.69, 9.17) is 0 Å². The molecule has 0 amide bonds. The topological polar surface area (TPSA) is 115 Å². The van der Waals surface area contributed by atoms with Gasteiger partial charge in [-0.25, -0.2) is 4.79 Å². The Labute approximate surface area is 307 Å². The van der Waals surface area contributed by atoms with Crippen LogP contribution in [0.5, 0.6) is 17.2 Å². The second-order valence-corrected chi connectivity index (χ2v) is 15.9. The van der Waals surface area contributed by atoms with Gasteiger partial charge < -0.3 is 20.4 Å². The van der Waals surface area contributed by atoms with Crippen LogP contribution in [0.3, 0.4) is 0 Å². The van der Waals surface area contributed by atoms with Crippen molar-refractivity contribution in [3.63, 3.8) is 0 Å². The highest BCUT2D eigenvalue weighted by Gasteiger charge is 2.39. The van der Waals surface area contributed by atoms with Crippen LogP contribution < -0.4 is 0 Å². The molecule has 0 saturated heterocycles. The number of aliphatic hydroxyl groups excluding tert-OH is 1. The van der Waals surface area contributed by atoms with Crippen LogP contribution in [0.15, 0.2) is 71.8 Å². The number of allylic oxidation sites excluding steroid dienone is 2. The van der Waals surface area contributed by atoms with Crippen LogP contribution >= 0.6 is 0 Å². The molecule has 1 atom stereocenters. The fourth-order valence-corrected chi connectivity index (χ4v) is 9.71. The molecule has 272 valence electrons. The summed E-state index contributed by atoms with van der Waals surface area (Å²) in [4.78, 5) is 23.3. The van der Waals surface area contributed by atoms with Crippen LogP contribution in [0.25, 0.3) is 0 Å². The first-order chi connectivity index (χ1) is 25.3. The number of hydrogen-bond acceptors (Lipinski definition) is 6. The average Bonchev–Trinajstić information content (AvgIpc) is 3.18. The van der Waals surface area contributed by atoms with Gasteiger partial charge in [0, 0.05) is 18.3 Å². The summed E-state index contributed by atoms with van der Waals surface area (Å²) in [6.45, 7) is 0. The Morgan fingerprint density at radius 1 is 0.712 bits per heavy atom. The summed E-state index contributed by atoms with van der Waals surface area (Å²) in [5.41, 5.74) is 7.90. The number of phenols is 3. The van der Waals surface area contributed by atoms with Gasteiger partial charge in [-0.3, -0.25) is 4.79 Å². The average molecular weight is 701 g/mol. The minimum Gasteiger partial charge on any atom is -0.507 e. The maximum Gasteiger partial charge on any atom is 0.153 e. The predicted octanol–water partition coefficient (Wildman–Crippen LogP) is 9.71. The van der Waals surface area contributed by atoms with Crippen molar-refractivity contribution in [1.29, 1.82) is 0 Å². The monoisotopic (exact) mass is 700 g/mol. The molecule has 3 aromatic carbocycles. The standard InChI is InChI=1S/C46H52O6/c47-28-36-22-30(14-16-42(36)49)20-34-24-38(26-40(44(34)51)32-10-4-1-5-11-32)46(18-8-3-9-19-46)39-25-35(21-31-15-17-43(50)37(23-31)29-48)45(52)41(27-39)33-12-6-2-7-13-33/h14-17,22-28,32-33,43,49-52H,1-13,18-21H2. The first-order valence-corrected chi connectivity index (χ1v) is 19.6. The number of benzene rings is 3. The summed E-state index contributed by atoms with van der Waals surface area (Å²) < 4.78 is 0. The van der Waals surface area contributed by atoms with Gasteiger partial charge in [0.25, 0.3) is 0 Å². The van der Waals surface area contributed by atoms with Gasteiger partial charge in [-0.05, 0) is 113 Å². The van der Waals surface area contributed by atoms with Gasteiger partial charge in [0.1, 0.15) is 29.3 Å². The Bertz CT molecular complexity index is 1910. The van der Waals surface area contributed by atoms with E-state index in [9.17, 15) is 30.0 Å². The molecule has 52 heavy (non-hydrogen) atoms. The number of carbonyl (C=O) groups is 1. The number of aldehydes is 1. The van der Waals surface area contributed by atoms with Gasteiger partial charge in [0.15, 0.2) is 6.29 Å². The SMILES string of the molecule is O=C=C1C=C(Cc2cc(C3(c4cc(Cc5ccc(O)c(C=O)c5)c(O)c(C5CCCCC5)c4)CCCCC3)cc(C3CCCCC3)c2O)C=CC1O. The summed E-state index contributed by atoms with van der Waals surface area (Å²) in [5.74, 6) is 3.05. The molecule has 6 nitrogen and oxygen atoms in total. The van der Waals surface area contributed by atoms with E-state index < -0.39 is 6.10 Å². The second-order valence-electron chi connectivity index (χ2n) is 15.9. The molecular formula is C46H52O6. The summed E-state index contributed by atoms with van der Waals surface area (Å²) >= 11 is 0. The van der Waals surface area contributed by atoms with E-state index in [-0.39, 0.29) is 34.1 Å². The van der Waals surface area contributed by atoms with E-state index in [1.807, 2.05) is 18.1 Å². The van der Waals surface area contributed by atoms with Crippen molar-refractivity contribution in [1.82, 2.24) is 0 Å². The minimum absolute atomic E-state index is 0.0493. The highest BCUT2D eigenvalue weighted by molar-refractivity contribution is 5.79. The highest BCUT2D eigenvalue weighted by atomic mass is 16.3. The van der Waals surface area contributed by atoms with E-state index in [2.05, 4.69) is 24.3 Å². The number of phenolic OH excluding ortho intramolecular Hbond substituents is 3. The summed E-state index contributed by atoms with van der Waals surface area (Å²) in [6, 6.07) is 14.1. The zero-order valence-corrected chi connectivity index (χ0v) is 30.2. The van der Waals surface area contributed by atoms with Gasteiger partial charge in [-0.2, -0.15) is 0 Å². The maximum atomic E-state index is 12.0. The van der Waals surface area contributed by atoms with Gasteiger partial charge in [0.2, 0.25) is 0 Å². The summed E-state index contributed by atoms with van der Waals surface area (Å²) in [5, 5.41) is 44.4. The lowest BCUT2D eigenvalue weighted by Gasteiger charge is -2.41. The Morgan fingerprint density at radius 2 is 1.27 bits per heavy atom. The molecule has 0 aromatic heterocycles. The van der Waals surface area contributed by atoms with Crippen molar-refractivity contribution >= 4 is 12.2 Å². The molecular weight excluding hydrogens is 649 g/mol. The third-order valence-corrected chi connectivity index (χ3v) is 12.6. The normalized spacial score (nSPS) is 21.1. The summed E-state index contributed by atoms with van der Waals surface area (Å²) in [7, 11) is 0. The van der Waals surface area contributed by atoms with Crippen molar-refractivity contribution in [3.05, 3.63) is 116 Å². The zero-order chi connectivity index (χ0) is 36.2. The Balaban J connectivity index is 1.40. The first kappa shape index (κ1) is 36.0. The molecule has 0 aliphatic heterocycles. The molecule has 4 aliphatic carbocycles. The number of hydrogen-bond donors (Lipinski definition) is 4. The van der Waals surface area contributed by atoms with E-state index >= 15 is 0 Å². The van der Waals surface area contributed by atoms with Crippen molar-refractivity contribution in [2.45, 2.75) is 133 Å². The van der Waals surface area contributed by atoms with Crippen molar-refractivity contribution in [2.75, 3.05) is 0 Å². The van der Waals surface area contributed by atoms with Crippen molar-refractivity contribution in [2.24, 2.45) is 0 Å². The third kappa shape index (κ3) is 7.29. The van der Waals surface area contributed by atoms with Crippen LogP contribution in [0.1, 0.15) is 157 Å². The lowest BCUT2D eigenvalue weighted by Crippen LogP contribution is -2.31. The quantitative estimate of drug-likeness (QED) is 0.131. The van der Waals surface area contributed by atoms with E-state index in [1.165, 1.54) is 24.0 Å². The van der Waals surface area contributed by atoms with Crippen LogP contribution in [-0.2, 0) is 23.1 Å². The van der Waals surface area contributed by atoms with Crippen LogP contribution in [0.4, 0.5) is 0 Å². The first-order valence-electron chi connectivity index (χ1n) is 19.6. The predicted molar refractivity (Wildman–Crippen MR) is 204 cm³/mol. The summed E-state index contributed by atoms with van der Waals surface area (Å²) in [6.07, 6.45) is 22.1. The molecule has 0 heterocycles. The Kier molecular flexibility index (Phi) is 10.9. The fourth-order valence-electron chi connectivity index (χ4n) is 9.71. The second kappa shape index (κ2) is 15.7. The van der Waals surface area contributed by atoms with Crippen molar-refractivity contribution in [3.8, 4) is 17.2 Å². The molecule has 3 fully saturated rings. The van der Waals surface area contributed by atoms with E-state index in [0.29, 0.717) is 30.6 Å². The van der Waals surface area contributed by atoms with Gasteiger partial charge in [-0.15, -0.1) is 0 Å². The van der Waals surface area contributed by atoms with Crippen LogP contribution in [-0.4, -0.2) is 38.8 Å². The van der Waals surface area contributed by atoms with Gasteiger partial charge in [-0.1, -0.05) is 100 Å². The molecule has 1 unspecified atom stereocenters. The molecule has 0 bridgehead atoms. The zero-order valence-electron chi connectivity index (χ0n) is 30.2. The fraction of sp³-hybridized carbons (Fsp3) is 0.457. The number of carbonyl (C=O) groups excluding carboxylic acids is 2. The lowest BCUT2D eigenvalue weighted by atomic mass is 9.63. The van der Waals surface area contributed by atoms with E-state index in [1.54, 1.807) is 24.3 Å². The molecule has 0 spiro atoms. The maximum absolute atomic E-state index is 12.0. The smallest absolute Gasteiger partial charge is 0.153 e. The number of aromatic hydroxyl groups is 3. The Hall–Kier alpha value is -4.38. The third-order valence-electron chi connectivity index (χ3n) is 12.6. The molecule has 4 aliphatic rings. The lowest BCUT2D eigenvalue weighted by molar-refractivity contribution is 0.112. The Morgan fingerprint density at radius 3 is 1.83 bits per heavy atom. The minimum atomic E-state index is -0.974. The molecule has 3 saturated carbocycles. The van der Waals surface area contributed by atoms with Crippen LogP contribution in [0.2, 0.25) is 0 Å². The molecule has 7 rings (SSSR count).